The summed E-state index contributed by atoms with van der Waals surface area (Å²) in [7, 11) is -4.00. The maximum atomic E-state index is 12.3. The molecule has 2 heterocycles. The number of rotatable bonds is 4. The quantitative estimate of drug-likeness (QED) is 0.592. The van der Waals surface area contributed by atoms with Crippen LogP contribution in [0.25, 0.3) is 17.4 Å². The second-order valence-electron chi connectivity index (χ2n) is 4.76. The largest absolute Gasteiger partial charge is 0.457 e. The molecule has 120 valence electrons. The third-order valence-corrected chi connectivity index (χ3v) is 5.27. The Hall–Kier alpha value is -2.56. The van der Waals surface area contributed by atoms with E-state index in [2.05, 4.69) is 15.9 Å². The van der Waals surface area contributed by atoms with Gasteiger partial charge in [0.2, 0.25) is 14.9 Å². The maximum absolute atomic E-state index is 12.3. The predicted molar refractivity (Wildman–Crippen MR) is 91.3 cm³/mol. The molecule has 0 aliphatic carbocycles. The fourth-order valence-corrected chi connectivity index (χ4v) is 3.34. The Bertz CT molecular complexity index is 1020. The first-order chi connectivity index (χ1) is 11.5. The number of nitriles is 1. The second-order valence-corrected chi connectivity index (χ2v) is 7.53. The van der Waals surface area contributed by atoms with Crippen molar-refractivity contribution >= 4 is 31.8 Å². The van der Waals surface area contributed by atoms with Gasteiger partial charge in [-0.15, -0.1) is 0 Å². The van der Waals surface area contributed by atoms with Gasteiger partial charge >= 0.3 is 0 Å². The lowest BCUT2D eigenvalue weighted by atomic mass is 10.2. The van der Waals surface area contributed by atoms with Gasteiger partial charge in [0.25, 0.3) is 0 Å². The van der Waals surface area contributed by atoms with Crippen LogP contribution in [0, 0.1) is 11.3 Å². The average molecular weight is 404 g/mol. The van der Waals surface area contributed by atoms with Gasteiger partial charge in [-0.3, -0.25) is 0 Å². The van der Waals surface area contributed by atoms with Crippen LogP contribution < -0.4 is 0 Å². The van der Waals surface area contributed by atoms with Crippen LogP contribution in [0.4, 0.5) is 0 Å². The highest BCUT2D eigenvalue weighted by atomic mass is 79.9. The summed E-state index contributed by atoms with van der Waals surface area (Å²) in [4.78, 5) is -0.450. The molecule has 0 bridgehead atoms. The number of hydrogen-bond donors (Lipinski definition) is 0. The molecule has 1 aromatic carbocycles. The van der Waals surface area contributed by atoms with Crippen LogP contribution in [0.5, 0.6) is 0 Å². The minimum atomic E-state index is -4.00. The smallest absolute Gasteiger partial charge is 0.249 e. The third-order valence-electron chi connectivity index (χ3n) is 3.19. The van der Waals surface area contributed by atoms with E-state index in [0.717, 1.165) is 10.0 Å². The number of furan rings is 2. The molecule has 0 fully saturated rings. The van der Waals surface area contributed by atoms with Gasteiger partial charge in [0, 0.05) is 16.1 Å². The molecule has 0 saturated carbocycles. The highest BCUT2D eigenvalue weighted by Gasteiger charge is 2.24. The van der Waals surface area contributed by atoms with E-state index in [1.54, 1.807) is 18.2 Å². The van der Waals surface area contributed by atoms with Crippen LogP contribution in [0.3, 0.4) is 0 Å². The zero-order valence-electron chi connectivity index (χ0n) is 12.1. The highest BCUT2D eigenvalue weighted by Crippen LogP contribution is 2.27. The molecule has 0 radical (unpaired) electrons. The van der Waals surface area contributed by atoms with E-state index in [0.29, 0.717) is 5.76 Å². The lowest BCUT2D eigenvalue weighted by Crippen LogP contribution is -2.01. The monoisotopic (exact) mass is 403 g/mol. The lowest BCUT2D eigenvalue weighted by Gasteiger charge is -1.98. The number of nitrogens with zero attached hydrogens (tertiary/aromatic N) is 1. The van der Waals surface area contributed by atoms with Crippen molar-refractivity contribution in [2.75, 3.05) is 0 Å². The van der Waals surface area contributed by atoms with Gasteiger partial charge in [0.05, 0.1) is 6.26 Å². The maximum Gasteiger partial charge on any atom is 0.249 e. The molecule has 3 aromatic rings. The van der Waals surface area contributed by atoms with E-state index in [-0.39, 0.29) is 10.9 Å². The van der Waals surface area contributed by atoms with E-state index in [1.807, 2.05) is 24.3 Å². The van der Waals surface area contributed by atoms with E-state index >= 15 is 0 Å². The van der Waals surface area contributed by atoms with Crippen molar-refractivity contribution in [1.29, 1.82) is 5.26 Å². The van der Waals surface area contributed by atoms with Crippen molar-refractivity contribution in [1.82, 2.24) is 0 Å². The summed E-state index contributed by atoms with van der Waals surface area (Å²) in [6.07, 6.45) is 2.42. The van der Waals surface area contributed by atoms with Crippen LogP contribution in [0.15, 0.2) is 78.1 Å². The lowest BCUT2D eigenvalue weighted by molar-refractivity contribution is 0.452. The summed E-state index contributed by atoms with van der Waals surface area (Å²) in [5.41, 5.74) is 0.838. The standard InChI is InChI=1S/C17H10BrNO4S/c18-13-5-3-12(4-6-13)16-8-7-14(23-16)10-15(11-19)24(20,21)17-2-1-9-22-17/h1-10H/b15-10+. The molecule has 2 aromatic heterocycles. The van der Waals surface area contributed by atoms with Crippen LogP contribution >= 0.6 is 15.9 Å². The molecule has 5 nitrogen and oxygen atoms in total. The molecule has 0 saturated heterocycles. The SMILES string of the molecule is N#C/C(=C\c1ccc(-c2ccc(Br)cc2)o1)S(=O)(=O)c1ccco1. The van der Waals surface area contributed by atoms with Crippen molar-refractivity contribution in [3.63, 3.8) is 0 Å². The number of allylic oxidation sites excluding steroid dienone is 1. The Kier molecular flexibility index (Phi) is 4.42. The van der Waals surface area contributed by atoms with Crippen LogP contribution in [-0.4, -0.2) is 8.42 Å². The number of benzene rings is 1. The topological polar surface area (TPSA) is 84.2 Å². The molecule has 0 amide bonds. The molecule has 0 atom stereocenters. The van der Waals surface area contributed by atoms with Gasteiger partial charge < -0.3 is 8.83 Å². The summed E-state index contributed by atoms with van der Waals surface area (Å²) in [6, 6.07) is 15.2. The Morgan fingerprint density at radius 3 is 2.50 bits per heavy atom. The molecule has 0 aliphatic heterocycles. The average Bonchev–Trinajstić information content (AvgIpc) is 3.25. The summed E-state index contributed by atoms with van der Waals surface area (Å²) in [6.45, 7) is 0. The molecule has 0 N–H and O–H groups in total. The van der Waals surface area contributed by atoms with E-state index in [4.69, 9.17) is 8.83 Å². The molecule has 0 aliphatic rings. The first-order valence-electron chi connectivity index (χ1n) is 6.77. The van der Waals surface area contributed by atoms with Gasteiger partial charge in [-0.05, 0) is 36.4 Å². The third kappa shape index (κ3) is 3.20. The molecule has 0 spiro atoms. The van der Waals surface area contributed by atoms with Gasteiger partial charge in [0.1, 0.15) is 17.6 Å². The normalized spacial score (nSPS) is 12.1. The summed E-state index contributed by atoms with van der Waals surface area (Å²) >= 11 is 3.35. The Labute approximate surface area is 146 Å². The molecule has 0 unspecified atom stereocenters. The van der Waals surface area contributed by atoms with Crippen molar-refractivity contribution < 1.29 is 17.3 Å². The van der Waals surface area contributed by atoms with E-state index in [9.17, 15) is 13.7 Å². The van der Waals surface area contributed by atoms with Crippen molar-refractivity contribution in [3.8, 4) is 17.4 Å². The summed E-state index contributed by atoms with van der Waals surface area (Å²) < 4.78 is 36.1. The zero-order valence-corrected chi connectivity index (χ0v) is 14.5. The number of sulfone groups is 1. The van der Waals surface area contributed by atoms with Crippen LogP contribution in [0.1, 0.15) is 5.76 Å². The first kappa shape index (κ1) is 16.3. The van der Waals surface area contributed by atoms with Crippen LogP contribution in [0.2, 0.25) is 0 Å². The number of hydrogen-bond acceptors (Lipinski definition) is 5. The minimum absolute atomic E-state index is 0.264. The summed E-state index contributed by atoms with van der Waals surface area (Å²) in [5, 5.41) is 8.91. The fraction of sp³-hybridized carbons (Fsp3) is 0. The Balaban J connectivity index is 1.96. The molecular weight excluding hydrogens is 394 g/mol. The highest BCUT2D eigenvalue weighted by molar-refractivity contribution is 9.10. The number of halogens is 1. The molecular formula is C17H10BrNO4S. The van der Waals surface area contributed by atoms with E-state index < -0.39 is 14.7 Å². The van der Waals surface area contributed by atoms with E-state index in [1.165, 1.54) is 24.5 Å². The van der Waals surface area contributed by atoms with Gasteiger partial charge in [-0.1, -0.05) is 28.1 Å². The van der Waals surface area contributed by atoms with Crippen molar-refractivity contribution in [3.05, 3.63) is 69.9 Å². The predicted octanol–water partition coefficient (Wildman–Crippen LogP) is 4.64. The van der Waals surface area contributed by atoms with Gasteiger partial charge in [-0.2, -0.15) is 5.26 Å². The van der Waals surface area contributed by atoms with Crippen molar-refractivity contribution in [2.45, 2.75) is 5.09 Å². The first-order valence-corrected chi connectivity index (χ1v) is 9.04. The zero-order chi connectivity index (χ0) is 17.2. The molecule has 3 rings (SSSR count). The van der Waals surface area contributed by atoms with Gasteiger partial charge in [-0.25, -0.2) is 8.42 Å². The van der Waals surface area contributed by atoms with Crippen molar-refractivity contribution in [2.24, 2.45) is 0 Å². The molecule has 7 heteroatoms. The molecule has 24 heavy (non-hydrogen) atoms. The second kappa shape index (κ2) is 6.51. The fourth-order valence-electron chi connectivity index (χ4n) is 2.02. The van der Waals surface area contributed by atoms with Crippen LogP contribution in [-0.2, 0) is 9.84 Å². The Morgan fingerprint density at radius 1 is 1.12 bits per heavy atom. The summed E-state index contributed by atoms with van der Waals surface area (Å²) in [5.74, 6) is 0.834. The van der Waals surface area contributed by atoms with Gasteiger partial charge in [0.15, 0.2) is 4.91 Å². The Morgan fingerprint density at radius 2 is 1.88 bits per heavy atom. The minimum Gasteiger partial charge on any atom is -0.457 e.